The van der Waals surface area contributed by atoms with Crippen LogP contribution in [-0.4, -0.2) is 29.0 Å². The van der Waals surface area contributed by atoms with Crippen LogP contribution < -0.4 is 5.32 Å². The van der Waals surface area contributed by atoms with Crippen molar-refractivity contribution >= 4 is 46.1 Å². The molecule has 1 saturated heterocycles. The Labute approximate surface area is 155 Å². The zero-order valence-electron chi connectivity index (χ0n) is 12.6. The minimum atomic E-state index is 0.547. The molecule has 1 aromatic carbocycles. The molecule has 0 bridgehead atoms. The molecule has 0 atom stereocenters. The fourth-order valence-electron chi connectivity index (χ4n) is 2.78. The number of rotatable bonds is 5. The molecule has 124 valence electrons. The highest BCUT2D eigenvalue weighted by Crippen LogP contribution is 2.23. The first kappa shape index (κ1) is 17.5. The van der Waals surface area contributed by atoms with E-state index in [2.05, 4.69) is 15.2 Å². The number of hydrogen-bond donors (Lipinski definition) is 1. The van der Waals surface area contributed by atoms with Gasteiger partial charge in [0.2, 0.25) is 0 Å². The maximum Gasteiger partial charge on any atom is 0.183 e. The average Bonchev–Trinajstić information content (AvgIpc) is 2.95. The van der Waals surface area contributed by atoms with E-state index >= 15 is 0 Å². The van der Waals surface area contributed by atoms with Gasteiger partial charge in [0.05, 0.1) is 10.0 Å². The lowest BCUT2D eigenvalue weighted by Crippen LogP contribution is -2.41. The molecule has 0 aliphatic carbocycles. The van der Waals surface area contributed by atoms with Crippen molar-refractivity contribution in [2.24, 2.45) is 0 Å². The van der Waals surface area contributed by atoms with E-state index in [1.807, 2.05) is 24.4 Å². The Bertz CT molecular complexity index is 654. The van der Waals surface area contributed by atoms with Crippen LogP contribution >= 0.6 is 46.1 Å². The lowest BCUT2D eigenvalue weighted by atomic mass is 10.0. The molecule has 0 spiro atoms. The van der Waals surface area contributed by atoms with Gasteiger partial charge in [-0.15, -0.1) is 11.3 Å². The van der Waals surface area contributed by atoms with E-state index in [1.54, 1.807) is 11.3 Å². The van der Waals surface area contributed by atoms with Crippen LogP contribution in [0.3, 0.4) is 0 Å². The second-order valence-electron chi connectivity index (χ2n) is 5.76. The van der Waals surface area contributed by atoms with Crippen molar-refractivity contribution in [2.45, 2.75) is 32.0 Å². The first-order valence-electron chi connectivity index (χ1n) is 7.60. The number of thiazole rings is 1. The zero-order chi connectivity index (χ0) is 16.2. The molecular formula is C16H18Cl3N3S. The van der Waals surface area contributed by atoms with E-state index in [9.17, 15) is 0 Å². The summed E-state index contributed by atoms with van der Waals surface area (Å²) < 4.78 is 0.623. The van der Waals surface area contributed by atoms with E-state index in [4.69, 9.17) is 34.8 Å². The second-order valence-corrected chi connectivity index (χ2v) is 8.27. The summed E-state index contributed by atoms with van der Waals surface area (Å²) in [6.07, 6.45) is 4.17. The van der Waals surface area contributed by atoms with Crippen LogP contribution in [0.1, 0.15) is 23.3 Å². The van der Waals surface area contributed by atoms with Crippen LogP contribution in [0.5, 0.6) is 0 Å². The summed E-state index contributed by atoms with van der Waals surface area (Å²) in [6.45, 7) is 3.96. The van der Waals surface area contributed by atoms with Gasteiger partial charge in [0.15, 0.2) is 4.47 Å². The summed E-state index contributed by atoms with van der Waals surface area (Å²) in [6, 6.07) is 6.35. The van der Waals surface area contributed by atoms with Gasteiger partial charge in [-0.05, 0) is 30.5 Å². The van der Waals surface area contributed by atoms with Gasteiger partial charge in [-0.2, -0.15) is 0 Å². The Hall–Kier alpha value is -0.360. The minimum absolute atomic E-state index is 0.547. The zero-order valence-corrected chi connectivity index (χ0v) is 15.7. The minimum Gasteiger partial charge on any atom is -0.310 e. The number of piperidine rings is 1. The summed E-state index contributed by atoms with van der Waals surface area (Å²) >= 11 is 19.4. The SMILES string of the molecule is Clc1ncc(CN2CCC(NCc3ccc(Cl)c(Cl)c3)CC2)s1. The van der Waals surface area contributed by atoms with Gasteiger partial charge >= 0.3 is 0 Å². The molecule has 0 amide bonds. The molecule has 3 rings (SSSR count). The normalized spacial score (nSPS) is 16.8. The largest absolute Gasteiger partial charge is 0.310 e. The lowest BCUT2D eigenvalue weighted by molar-refractivity contribution is 0.191. The van der Waals surface area contributed by atoms with Crippen molar-refractivity contribution in [1.82, 2.24) is 15.2 Å². The summed E-state index contributed by atoms with van der Waals surface area (Å²) in [4.78, 5) is 7.79. The van der Waals surface area contributed by atoms with E-state index in [0.717, 1.165) is 39.0 Å². The van der Waals surface area contributed by atoms with E-state index in [-0.39, 0.29) is 0 Å². The smallest absolute Gasteiger partial charge is 0.183 e. The Morgan fingerprint density at radius 3 is 2.61 bits per heavy atom. The van der Waals surface area contributed by atoms with Crippen molar-refractivity contribution in [3.63, 3.8) is 0 Å². The van der Waals surface area contributed by atoms with Gasteiger partial charge in [0, 0.05) is 43.3 Å². The van der Waals surface area contributed by atoms with Crippen molar-refractivity contribution in [1.29, 1.82) is 0 Å². The van der Waals surface area contributed by atoms with Crippen LogP contribution in [0.25, 0.3) is 0 Å². The van der Waals surface area contributed by atoms with Crippen molar-refractivity contribution in [3.8, 4) is 0 Å². The van der Waals surface area contributed by atoms with Gasteiger partial charge in [0.1, 0.15) is 0 Å². The molecule has 7 heteroatoms. The molecule has 1 fully saturated rings. The predicted molar refractivity (Wildman–Crippen MR) is 98.7 cm³/mol. The van der Waals surface area contributed by atoms with E-state index in [0.29, 0.717) is 20.6 Å². The average molecular weight is 391 g/mol. The molecule has 2 aromatic rings. The fraction of sp³-hybridized carbons (Fsp3) is 0.438. The lowest BCUT2D eigenvalue weighted by Gasteiger charge is -2.32. The quantitative estimate of drug-likeness (QED) is 0.790. The number of likely N-dealkylation sites (tertiary alicyclic amines) is 1. The van der Waals surface area contributed by atoms with Crippen molar-refractivity contribution < 1.29 is 0 Å². The molecule has 23 heavy (non-hydrogen) atoms. The molecule has 0 unspecified atom stereocenters. The Balaban J connectivity index is 1.43. The highest BCUT2D eigenvalue weighted by Gasteiger charge is 2.19. The van der Waals surface area contributed by atoms with Crippen LogP contribution in [0.4, 0.5) is 0 Å². The van der Waals surface area contributed by atoms with E-state index < -0.39 is 0 Å². The number of nitrogens with zero attached hydrogens (tertiary/aromatic N) is 2. The van der Waals surface area contributed by atoms with Crippen molar-refractivity contribution in [3.05, 3.63) is 49.3 Å². The molecule has 1 aromatic heterocycles. The monoisotopic (exact) mass is 389 g/mol. The van der Waals surface area contributed by atoms with Crippen LogP contribution in [0, 0.1) is 0 Å². The molecule has 3 nitrogen and oxygen atoms in total. The summed E-state index contributed by atoms with van der Waals surface area (Å²) in [7, 11) is 0. The summed E-state index contributed by atoms with van der Waals surface area (Å²) in [5.41, 5.74) is 1.17. The Morgan fingerprint density at radius 2 is 1.96 bits per heavy atom. The molecular weight excluding hydrogens is 373 g/mol. The third-order valence-corrected chi connectivity index (χ3v) is 5.91. The topological polar surface area (TPSA) is 28.2 Å². The molecule has 0 saturated carbocycles. The van der Waals surface area contributed by atoms with Crippen LogP contribution in [0.15, 0.2) is 24.4 Å². The molecule has 0 radical (unpaired) electrons. The van der Waals surface area contributed by atoms with Gasteiger partial charge in [-0.3, -0.25) is 4.90 Å². The second kappa shape index (κ2) is 8.15. The molecule has 1 N–H and O–H groups in total. The number of halogens is 3. The summed E-state index contributed by atoms with van der Waals surface area (Å²) in [5.74, 6) is 0. The summed E-state index contributed by atoms with van der Waals surface area (Å²) in [5, 5.41) is 4.83. The standard InChI is InChI=1S/C16H18Cl3N3S/c17-14-2-1-11(7-15(14)18)8-20-12-3-5-22(6-4-12)10-13-9-21-16(19)23-13/h1-2,7,9,12,20H,3-6,8,10H2. The first-order valence-corrected chi connectivity index (χ1v) is 9.55. The molecule has 1 aliphatic heterocycles. The van der Waals surface area contributed by atoms with Crippen LogP contribution in [-0.2, 0) is 13.1 Å². The number of aromatic nitrogens is 1. The van der Waals surface area contributed by atoms with E-state index in [1.165, 1.54) is 10.4 Å². The first-order chi connectivity index (χ1) is 11.1. The number of hydrogen-bond acceptors (Lipinski definition) is 4. The maximum atomic E-state index is 6.05. The van der Waals surface area contributed by atoms with Gasteiger partial charge in [0.25, 0.3) is 0 Å². The third-order valence-electron chi connectivity index (χ3n) is 4.07. The highest BCUT2D eigenvalue weighted by molar-refractivity contribution is 7.15. The third kappa shape index (κ3) is 5.05. The fourth-order valence-corrected chi connectivity index (χ4v) is 4.13. The molecule has 2 heterocycles. The predicted octanol–water partition coefficient (Wildman–Crippen LogP) is 4.86. The maximum absolute atomic E-state index is 6.05. The number of benzene rings is 1. The Kier molecular flexibility index (Phi) is 6.19. The van der Waals surface area contributed by atoms with Crippen molar-refractivity contribution in [2.75, 3.05) is 13.1 Å². The number of nitrogens with one attached hydrogen (secondary N) is 1. The molecule has 1 aliphatic rings. The van der Waals surface area contributed by atoms with Gasteiger partial charge in [-0.25, -0.2) is 4.98 Å². The van der Waals surface area contributed by atoms with Crippen LogP contribution in [0.2, 0.25) is 14.5 Å². The Morgan fingerprint density at radius 1 is 1.17 bits per heavy atom. The highest BCUT2D eigenvalue weighted by atomic mass is 35.5. The van der Waals surface area contributed by atoms with Gasteiger partial charge in [-0.1, -0.05) is 40.9 Å². The van der Waals surface area contributed by atoms with Gasteiger partial charge < -0.3 is 5.32 Å².